The average molecular weight is 565 g/mol. The van der Waals surface area contributed by atoms with Gasteiger partial charge in [0.1, 0.15) is 0 Å². The number of aliphatic hydroxyl groups is 1. The molecule has 37 heavy (non-hydrogen) atoms. The summed E-state index contributed by atoms with van der Waals surface area (Å²) in [5.41, 5.74) is 3.61. The second kappa shape index (κ2) is 12.6. The van der Waals surface area contributed by atoms with Crippen LogP contribution in [0.4, 0.5) is 0 Å². The van der Waals surface area contributed by atoms with Gasteiger partial charge in [0.2, 0.25) is 10.0 Å². The summed E-state index contributed by atoms with van der Waals surface area (Å²) >= 11 is 7.61. The summed E-state index contributed by atoms with van der Waals surface area (Å²) in [6.45, 7) is 2.85. The van der Waals surface area contributed by atoms with Crippen LogP contribution in [0.15, 0.2) is 52.9 Å². The number of benzene rings is 2. The van der Waals surface area contributed by atoms with Gasteiger partial charge in [0.15, 0.2) is 11.5 Å². The first-order valence-corrected chi connectivity index (χ1v) is 15.1. The Bertz CT molecular complexity index is 1280. The van der Waals surface area contributed by atoms with Gasteiger partial charge in [-0.1, -0.05) is 30.5 Å². The van der Waals surface area contributed by atoms with Crippen LogP contribution < -0.4 is 9.47 Å². The summed E-state index contributed by atoms with van der Waals surface area (Å²) in [6, 6.07) is 11.7. The van der Waals surface area contributed by atoms with Gasteiger partial charge in [-0.05, 0) is 67.6 Å². The SMILES string of the molecule is COc1cc(CN(CC2CCCCC2O)S(=O)(=O)c2ccc(Cl)cc2)ccc1OCCc1scnc1C. The number of methoxy groups -OCH3 is 1. The van der Waals surface area contributed by atoms with Gasteiger partial charge in [0.05, 0.1) is 35.9 Å². The van der Waals surface area contributed by atoms with E-state index in [9.17, 15) is 13.5 Å². The molecule has 1 heterocycles. The molecule has 10 heteroatoms. The highest BCUT2D eigenvalue weighted by Crippen LogP contribution is 2.32. The molecule has 0 amide bonds. The summed E-state index contributed by atoms with van der Waals surface area (Å²) in [7, 11) is -2.26. The van der Waals surface area contributed by atoms with Crippen LogP contribution in [0.2, 0.25) is 5.02 Å². The van der Waals surface area contributed by atoms with Gasteiger partial charge in [-0.3, -0.25) is 0 Å². The molecule has 4 rings (SSSR count). The Labute approximate surface area is 228 Å². The number of hydrogen-bond donors (Lipinski definition) is 1. The summed E-state index contributed by atoms with van der Waals surface area (Å²) in [5.74, 6) is 1.03. The maximum atomic E-state index is 13.7. The molecule has 1 N–H and O–H groups in total. The molecule has 3 aromatic rings. The lowest BCUT2D eigenvalue weighted by molar-refractivity contribution is 0.0588. The van der Waals surface area contributed by atoms with E-state index in [4.69, 9.17) is 21.1 Å². The minimum Gasteiger partial charge on any atom is -0.493 e. The van der Waals surface area contributed by atoms with Gasteiger partial charge in [0.25, 0.3) is 0 Å². The largest absolute Gasteiger partial charge is 0.493 e. The first-order valence-electron chi connectivity index (χ1n) is 12.4. The Balaban J connectivity index is 1.54. The third-order valence-electron chi connectivity index (χ3n) is 6.78. The molecule has 0 saturated heterocycles. The van der Waals surface area contributed by atoms with Gasteiger partial charge in [-0.25, -0.2) is 13.4 Å². The quantitative estimate of drug-likeness (QED) is 0.332. The summed E-state index contributed by atoms with van der Waals surface area (Å²) in [5, 5.41) is 11.0. The van der Waals surface area contributed by atoms with Crippen molar-refractivity contribution < 1.29 is 23.0 Å². The Morgan fingerprint density at radius 1 is 1.14 bits per heavy atom. The highest BCUT2D eigenvalue weighted by atomic mass is 35.5. The zero-order valence-electron chi connectivity index (χ0n) is 21.1. The number of thiazole rings is 1. The monoisotopic (exact) mass is 564 g/mol. The molecule has 0 radical (unpaired) electrons. The fourth-order valence-electron chi connectivity index (χ4n) is 4.62. The normalized spacial score (nSPS) is 18.2. The van der Waals surface area contributed by atoms with E-state index in [1.54, 1.807) is 30.6 Å². The first-order chi connectivity index (χ1) is 17.8. The lowest BCUT2D eigenvalue weighted by Gasteiger charge is -2.32. The number of hydrogen-bond acceptors (Lipinski definition) is 7. The predicted octanol–water partition coefficient (Wildman–Crippen LogP) is 5.48. The van der Waals surface area contributed by atoms with Crippen molar-refractivity contribution in [3.05, 3.63) is 69.1 Å². The minimum atomic E-state index is -3.83. The molecule has 1 fully saturated rings. The molecule has 2 atom stereocenters. The number of sulfonamides is 1. The number of nitrogens with zero attached hydrogens (tertiary/aromatic N) is 2. The van der Waals surface area contributed by atoms with E-state index in [1.165, 1.54) is 21.3 Å². The van der Waals surface area contributed by atoms with Crippen molar-refractivity contribution in [2.45, 2.75) is 56.6 Å². The maximum absolute atomic E-state index is 13.7. The van der Waals surface area contributed by atoms with Crippen LogP contribution in [-0.2, 0) is 23.0 Å². The third-order valence-corrected chi connectivity index (χ3v) is 9.85. The number of aryl methyl sites for hydroxylation is 1. The molecule has 0 aliphatic heterocycles. The molecule has 7 nitrogen and oxygen atoms in total. The first kappa shape index (κ1) is 27.9. The van der Waals surface area contributed by atoms with Crippen LogP contribution >= 0.6 is 22.9 Å². The van der Waals surface area contributed by atoms with Gasteiger partial charge in [0, 0.05) is 29.4 Å². The van der Waals surface area contributed by atoms with E-state index < -0.39 is 16.1 Å². The van der Waals surface area contributed by atoms with Crippen molar-refractivity contribution in [3.8, 4) is 11.5 Å². The standard InChI is InChI=1S/C27H33ClN2O5S2/c1-19-27(36-18-29-19)13-14-35-25-12-7-20(15-26(25)34-2)16-30(17-21-5-3-4-6-24(21)31)37(32,33)23-10-8-22(28)9-11-23/h7-12,15,18,21,24,31H,3-6,13-14,16-17H2,1-2H3. The Morgan fingerprint density at radius 2 is 1.89 bits per heavy atom. The van der Waals surface area contributed by atoms with Crippen molar-refractivity contribution in [1.82, 2.24) is 9.29 Å². The number of rotatable bonds is 11. The molecule has 2 aromatic carbocycles. The second-order valence-corrected chi connectivity index (χ2v) is 12.6. The highest BCUT2D eigenvalue weighted by Gasteiger charge is 2.32. The molecule has 1 aromatic heterocycles. The number of aliphatic hydroxyl groups excluding tert-OH is 1. The summed E-state index contributed by atoms with van der Waals surface area (Å²) in [4.78, 5) is 5.63. The van der Waals surface area contributed by atoms with E-state index in [0.717, 1.165) is 36.9 Å². The van der Waals surface area contributed by atoms with Gasteiger partial charge in [-0.2, -0.15) is 4.31 Å². The number of ether oxygens (including phenoxy) is 2. The van der Waals surface area contributed by atoms with Crippen molar-refractivity contribution in [2.75, 3.05) is 20.3 Å². The van der Waals surface area contributed by atoms with E-state index >= 15 is 0 Å². The van der Waals surface area contributed by atoms with Crippen LogP contribution in [-0.4, -0.2) is 49.2 Å². The van der Waals surface area contributed by atoms with Crippen molar-refractivity contribution in [1.29, 1.82) is 0 Å². The van der Waals surface area contributed by atoms with Crippen LogP contribution in [0.25, 0.3) is 0 Å². The fourth-order valence-corrected chi connectivity index (χ4v) is 6.99. The lowest BCUT2D eigenvalue weighted by atomic mass is 9.86. The van der Waals surface area contributed by atoms with Crippen LogP contribution in [0.5, 0.6) is 11.5 Å². The van der Waals surface area contributed by atoms with E-state index in [-0.39, 0.29) is 23.9 Å². The fraction of sp³-hybridized carbons (Fsp3) is 0.444. The molecule has 1 aliphatic rings. The molecular weight excluding hydrogens is 532 g/mol. The third kappa shape index (κ3) is 7.03. The lowest BCUT2D eigenvalue weighted by Crippen LogP contribution is -2.40. The smallest absolute Gasteiger partial charge is 0.243 e. The topological polar surface area (TPSA) is 89.0 Å². The maximum Gasteiger partial charge on any atom is 0.243 e. The minimum absolute atomic E-state index is 0.115. The van der Waals surface area contributed by atoms with Crippen LogP contribution in [0.1, 0.15) is 41.8 Å². The Hall–Kier alpha value is -2.17. The Morgan fingerprint density at radius 3 is 2.57 bits per heavy atom. The Kier molecular flexibility index (Phi) is 9.47. The molecule has 0 spiro atoms. The van der Waals surface area contributed by atoms with Crippen molar-refractivity contribution >= 4 is 33.0 Å². The average Bonchev–Trinajstić information content (AvgIpc) is 3.30. The zero-order valence-corrected chi connectivity index (χ0v) is 23.5. The molecule has 200 valence electrons. The summed E-state index contributed by atoms with van der Waals surface area (Å²) in [6.07, 6.45) is 3.67. The van der Waals surface area contributed by atoms with E-state index in [1.807, 2.05) is 30.6 Å². The molecule has 1 saturated carbocycles. The molecular formula is C27H33ClN2O5S2. The molecule has 2 unspecified atom stereocenters. The van der Waals surface area contributed by atoms with Gasteiger partial charge in [-0.15, -0.1) is 11.3 Å². The van der Waals surface area contributed by atoms with E-state index in [0.29, 0.717) is 29.5 Å². The van der Waals surface area contributed by atoms with Crippen LogP contribution in [0, 0.1) is 12.8 Å². The van der Waals surface area contributed by atoms with Gasteiger partial charge >= 0.3 is 0 Å². The van der Waals surface area contributed by atoms with Crippen molar-refractivity contribution in [2.24, 2.45) is 5.92 Å². The number of halogens is 1. The number of aromatic nitrogens is 1. The van der Waals surface area contributed by atoms with Crippen molar-refractivity contribution in [3.63, 3.8) is 0 Å². The van der Waals surface area contributed by atoms with E-state index in [2.05, 4.69) is 4.98 Å². The van der Waals surface area contributed by atoms with Crippen LogP contribution in [0.3, 0.4) is 0 Å². The molecule has 1 aliphatic carbocycles. The summed E-state index contributed by atoms with van der Waals surface area (Å²) < 4.78 is 40.3. The predicted molar refractivity (Wildman–Crippen MR) is 146 cm³/mol. The molecule has 0 bridgehead atoms. The van der Waals surface area contributed by atoms with Gasteiger partial charge < -0.3 is 14.6 Å². The zero-order chi connectivity index (χ0) is 26.4. The second-order valence-electron chi connectivity index (χ2n) is 9.31. The highest BCUT2D eigenvalue weighted by molar-refractivity contribution is 7.89.